The van der Waals surface area contributed by atoms with Gasteiger partial charge < -0.3 is 5.73 Å². The summed E-state index contributed by atoms with van der Waals surface area (Å²) < 4.78 is 0. The van der Waals surface area contributed by atoms with E-state index in [1.807, 2.05) is 6.20 Å². The highest BCUT2D eigenvalue weighted by atomic mass is 35.5. The van der Waals surface area contributed by atoms with Gasteiger partial charge >= 0.3 is 0 Å². The van der Waals surface area contributed by atoms with E-state index in [-0.39, 0.29) is 6.04 Å². The fraction of sp³-hybridized carbons (Fsp3) is 0.200. The maximum absolute atomic E-state index is 6.02. The summed E-state index contributed by atoms with van der Waals surface area (Å²) >= 11 is 7.59. The van der Waals surface area contributed by atoms with Gasteiger partial charge in [-0.3, -0.25) is 9.97 Å². The summed E-state index contributed by atoms with van der Waals surface area (Å²) in [6, 6.07) is 3.43. The predicted octanol–water partition coefficient (Wildman–Crippen LogP) is 2.43. The van der Waals surface area contributed by atoms with Crippen LogP contribution < -0.4 is 5.73 Å². The number of nitrogens with two attached hydrogens (primary N) is 1. The van der Waals surface area contributed by atoms with Crippen molar-refractivity contribution in [3.05, 3.63) is 45.6 Å². The van der Waals surface area contributed by atoms with Gasteiger partial charge in [0.15, 0.2) is 0 Å². The minimum atomic E-state index is -0.167. The Bertz CT molecular complexity index is 430. The Balaban J connectivity index is 2.15. The van der Waals surface area contributed by atoms with Crippen LogP contribution in [0.15, 0.2) is 30.0 Å². The number of hydrogen-bond acceptors (Lipinski definition) is 4. The average molecular weight is 240 g/mol. The smallest absolute Gasteiger partial charge is 0.0794 e. The first-order valence-electron chi connectivity index (χ1n) is 4.50. The Hall–Kier alpha value is -0.970. The zero-order valence-corrected chi connectivity index (χ0v) is 9.50. The topological polar surface area (TPSA) is 51.8 Å². The molecule has 0 amide bonds. The van der Waals surface area contributed by atoms with Crippen LogP contribution in [0.5, 0.6) is 0 Å². The van der Waals surface area contributed by atoms with E-state index in [1.54, 1.807) is 35.2 Å². The van der Waals surface area contributed by atoms with E-state index in [1.165, 1.54) is 0 Å². The Morgan fingerprint density at radius 3 is 3.07 bits per heavy atom. The molecule has 3 nitrogen and oxygen atoms in total. The molecule has 5 heteroatoms. The minimum absolute atomic E-state index is 0.167. The van der Waals surface area contributed by atoms with Gasteiger partial charge in [0.05, 0.1) is 22.3 Å². The number of nitrogens with zero attached hydrogens (tertiary/aromatic N) is 2. The van der Waals surface area contributed by atoms with Gasteiger partial charge in [-0.15, -0.1) is 11.3 Å². The molecule has 0 saturated carbocycles. The normalized spacial score (nSPS) is 12.7. The van der Waals surface area contributed by atoms with Crippen LogP contribution in [0.2, 0.25) is 5.02 Å². The largest absolute Gasteiger partial charge is 0.322 e. The van der Waals surface area contributed by atoms with Gasteiger partial charge in [-0.2, -0.15) is 0 Å². The third-order valence-electron chi connectivity index (χ3n) is 2.04. The van der Waals surface area contributed by atoms with Crippen molar-refractivity contribution < 1.29 is 0 Å². The molecule has 2 rings (SSSR count). The molecule has 78 valence electrons. The van der Waals surface area contributed by atoms with Gasteiger partial charge in [0.25, 0.3) is 0 Å². The highest BCUT2D eigenvalue weighted by Crippen LogP contribution is 2.22. The minimum Gasteiger partial charge on any atom is -0.322 e. The second kappa shape index (κ2) is 4.70. The molecule has 1 atom stereocenters. The highest BCUT2D eigenvalue weighted by molar-refractivity contribution is 7.09. The molecule has 0 aromatic carbocycles. The van der Waals surface area contributed by atoms with E-state index in [2.05, 4.69) is 9.97 Å². The summed E-state index contributed by atoms with van der Waals surface area (Å²) in [6.45, 7) is 0. The molecule has 2 aromatic rings. The Morgan fingerprint density at radius 1 is 1.53 bits per heavy atom. The monoisotopic (exact) mass is 239 g/mol. The average Bonchev–Trinajstić information content (AvgIpc) is 2.71. The molecular weight excluding hydrogens is 230 g/mol. The van der Waals surface area contributed by atoms with Crippen LogP contribution in [-0.4, -0.2) is 9.97 Å². The van der Waals surface area contributed by atoms with Gasteiger partial charge in [-0.1, -0.05) is 11.6 Å². The van der Waals surface area contributed by atoms with Crippen LogP contribution >= 0.6 is 22.9 Å². The maximum Gasteiger partial charge on any atom is 0.0794 e. The first-order chi connectivity index (χ1) is 7.27. The Morgan fingerprint density at radius 2 is 2.40 bits per heavy atom. The van der Waals surface area contributed by atoms with E-state index in [9.17, 15) is 0 Å². The number of halogens is 1. The van der Waals surface area contributed by atoms with E-state index in [0.717, 1.165) is 17.0 Å². The molecule has 0 saturated heterocycles. The zero-order valence-electron chi connectivity index (χ0n) is 7.93. The van der Waals surface area contributed by atoms with E-state index >= 15 is 0 Å². The van der Waals surface area contributed by atoms with Crippen molar-refractivity contribution in [2.75, 3.05) is 0 Å². The maximum atomic E-state index is 6.02. The number of thiazole rings is 1. The van der Waals surface area contributed by atoms with Crippen LogP contribution in [0.3, 0.4) is 0 Å². The molecule has 0 spiro atoms. The molecule has 2 heterocycles. The van der Waals surface area contributed by atoms with Crippen LogP contribution in [-0.2, 0) is 6.42 Å². The Kier molecular flexibility index (Phi) is 3.30. The SMILES string of the molecule is NC(Cc1cncs1)c1ncccc1Cl. The summed E-state index contributed by atoms with van der Waals surface area (Å²) in [5.41, 5.74) is 8.56. The van der Waals surface area contributed by atoms with Crippen molar-refractivity contribution in [1.29, 1.82) is 0 Å². The lowest BCUT2D eigenvalue weighted by molar-refractivity contribution is 0.703. The molecule has 0 bridgehead atoms. The van der Waals surface area contributed by atoms with Gasteiger partial charge in [0.2, 0.25) is 0 Å². The summed E-state index contributed by atoms with van der Waals surface area (Å²) in [5.74, 6) is 0. The zero-order chi connectivity index (χ0) is 10.7. The fourth-order valence-corrected chi connectivity index (χ4v) is 2.24. The molecule has 0 aliphatic rings. The lowest BCUT2D eigenvalue weighted by Crippen LogP contribution is -2.14. The van der Waals surface area contributed by atoms with Crippen molar-refractivity contribution in [2.45, 2.75) is 12.5 Å². The van der Waals surface area contributed by atoms with Crippen molar-refractivity contribution >= 4 is 22.9 Å². The van der Waals surface area contributed by atoms with E-state index < -0.39 is 0 Å². The van der Waals surface area contributed by atoms with E-state index in [0.29, 0.717) is 5.02 Å². The molecule has 0 radical (unpaired) electrons. The van der Waals surface area contributed by atoms with Crippen LogP contribution in [0.25, 0.3) is 0 Å². The number of hydrogen-bond donors (Lipinski definition) is 1. The molecular formula is C10H10ClN3S. The second-order valence-electron chi connectivity index (χ2n) is 3.15. The fourth-order valence-electron chi connectivity index (χ4n) is 1.33. The molecule has 0 aliphatic carbocycles. The summed E-state index contributed by atoms with van der Waals surface area (Å²) in [6.07, 6.45) is 4.25. The van der Waals surface area contributed by atoms with Gasteiger partial charge in [-0.05, 0) is 12.1 Å². The van der Waals surface area contributed by atoms with Crippen molar-refractivity contribution in [2.24, 2.45) is 5.73 Å². The Labute approximate surface area is 96.9 Å². The number of rotatable bonds is 3. The summed E-state index contributed by atoms with van der Waals surface area (Å²) in [5, 5.41) is 0.620. The molecule has 0 fully saturated rings. The van der Waals surface area contributed by atoms with Gasteiger partial charge in [0, 0.05) is 23.7 Å². The molecule has 2 N–H and O–H groups in total. The first-order valence-corrected chi connectivity index (χ1v) is 5.76. The highest BCUT2D eigenvalue weighted by Gasteiger charge is 2.12. The summed E-state index contributed by atoms with van der Waals surface area (Å²) in [7, 11) is 0. The predicted molar refractivity (Wildman–Crippen MR) is 62.0 cm³/mol. The van der Waals surface area contributed by atoms with Crippen molar-refractivity contribution in [3.8, 4) is 0 Å². The second-order valence-corrected chi connectivity index (χ2v) is 4.53. The van der Waals surface area contributed by atoms with Crippen LogP contribution in [0.4, 0.5) is 0 Å². The van der Waals surface area contributed by atoms with Crippen molar-refractivity contribution in [1.82, 2.24) is 9.97 Å². The van der Waals surface area contributed by atoms with Gasteiger partial charge in [-0.25, -0.2) is 0 Å². The van der Waals surface area contributed by atoms with Crippen molar-refractivity contribution in [3.63, 3.8) is 0 Å². The lowest BCUT2D eigenvalue weighted by Gasteiger charge is -2.10. The molecule has 2 aromatic heterocycles. The number of aromatic nitrogens is 2. The molecule has 15 heavy (non-hydrogen) atoms. The quantitative estimate of drug-likeness (QED) is 0.895. The standard InChI is InChI=1S/C10H10ClN3S/c11-8-2-1-3-14-10(8)9(12)4-7-5-13-6-15-7/h1-3,5-6,9H,4,12H2. The summed E-state index contributed by atoms with van der Waals surface area (Å²) in [4.78, 5) is 9.33. The van der Waals surface area contributed by atoms with Gasteiger partial charge in [0.1, 0.15) is 0 Å². The lowest BCUT2D eigenvalue weighted by atomic mass is 10.1. The third kappa shape index (κ3) is 2.53. The van der Waals surface area contributed by atoms with Crippen LogP contribution in [0.1, 0.15) is 16.6 Å². The third-order valence-corrected chi connectivity index (χ3v) is 3.16. The first kappa shape index (κ1) is 10.5. The molecule has 1 unspecified atom stereocenters. The molecule has 0 aliphatic heterocycles. The van der Waals surface area contributed by atoms with Crippen LogP contribution in [0, 0.1) is 0 Å². The number of pyridine rings is 1. The van der Waals surface area contributed by atoms with E-state index in [4.69, 9.17) is 17.3 Å².